The van der Waals surface area contributed by atoms with Crippen LogP contribution in [-0.4, -0.2) is 75.1 Å². The lowest BCUT2D eigenvalue weighted by atomic mass is 10.1. The normalized spacial score (nSPS) is 25.3. The highest BCUT2D eigenvalue weighted by Crippen LogP contribution is 2.23. The van der Waals surface area contributed by atoms with E-state index < -0.39 is 10.0 Å². The van der Waals surface area contributed by atoms with Crippen LogP contribution >= 0.6 is 0 Å². The number of carbonyl (C=O) groups excluding carboxylic acids is 1. The third kappa shape index (κ3) is 3.93. The van der Waals surface area contributed by atoms with Gasteiger partial charge in [-0.1, -0.05) is 6.07 Å². The van der Waals surface area contributed by atoms with Crippen molar-refractivity contribution in [1.29, 1.82) is 0 Å². The van der Waals surface area contributed by atoms with Gasteiger partial charge in [0.25, 0.3) is 5.91 Å². The minimum Gasteiger partial charge on any atom is -0.379 e. The summed E-state index contributed by atoms with van der Waals surface area (Å²) in [7, 11) is -3.63. The Balaban J connectivity index is 1.89. The second-order valence-electron chi connectivity index (χ2n) is 6.96. The van der Waals surface area contributed by atoms with Crippen molar-refractivity contribution in [2.75, 3.05) is 39.4 Å². The van der Waals surface area contributed by atoms with Crippen molar-refractivity contribution in [3.63, 3.8) is 0 Å². The molecule has 0 radical (unpaired) electrons. The summed E-state index contributed by atoms with van der Waals surface area (Å²) in [5.41, 5.74) is 1.20. The molecule has 0 aromatic heterocycles. The highest BCUT2D eigenvalue weighted by atomic mass is 32.2. The van der Waals surface area contributed by atoms with Gasteiger partial charge in [0.2, 0.25) is 10.0 Å². The van der Waals surface area contributed by atoms with Gasteiger partial charge in [-0.15, -0.1) is 0 Å². The van der Waals surface area contributed by atoms with Crippen LogP contribution < -0.4 is 0 Å². The van der Waals surface area contributed by atoms with Gasteiger partial charge in [0.05, 0.1) is 30.3 Å². The highest BCUT2D eigenvalue weighted by Gasteiger charge is 2.30. The summed E-state index contributed by atoms with van der Waals surface area (Å²) >= 11 is 0. The van der Waals surface area contributed by atoms with Crippen molar-refractivity contribution < 1.29 is 22.7 Å². The molecular formula is C18H26N2O5S. The maximum atomic E-state index is 13.0. The highest BCUT2D eigenvalue weighted by molar-refractivity contribution is 7.89. The van der Waals surface area contributed by atoms with Gasteiger partial charge >= 0.3 is 0 Å². The second kappa shape index (κ2) is 7.64. The Morgan fingerprint density at radius 3 is 2.35 bits per heavy atom. The summed E-state index contributed by atoms with van der Waals surface area (Å²) in [5, 5.41) is 0. The lowest BCUT2D eigenvalue weighted by molar-refractivity contribution is -0.0586. The summed E-state index contributed by atoms with van der Waals surface area (Å²) in [6, 6.07) is 4.78. The molecule has 2 atom stereocenters. The molecule has 1 amide bonds. The molecule has 2 aliphatic rings. The van der Waals surface area contributed by atoms with Crippen LogP contribution in [0.3, 0.4) is 0 Å². The van der Waals surface area contributed by atoms with Crippen molar-refractivity contribution >= 4 is 15.9 Å². The minimum absolute atomic E-state index is 0.0386. The number of morpholine rings is 2. The van der Waals surface area contributed by atoms with E-state index in [2.05, 4.69) is 0 Å². The molecule has 0 spiro atoms. The van der Waals surface area contributed by atoms with Crippen LogP contribution in [0.15, 0.2) is 23.1 Å². The molecule has 7 nitrogen and oxygen atoms in total. The van der Waals surface area contributed by atoms with Crippen molar-refractivity contribution in [2.24, 2.45) is 0 Å². The number of benzene rings is 1. The zero-order valence-electron chi connectivity index (χ0n) is 15.5. The summed E-state index contributed by atoms with van der Waals surface area (Å²) < 4.78 is 38.1. The van der Waals surface area contributed by atoms with Crippen molar-refractivity contribution in [3.05, 3.63) is 29.3 Å². The van der Waals surface area contributed by atoms with Gasteiger partial charge in [0, 0.05) is 31.7 Å². The standard InChI is InChI=1S/C18H26N2O5S/c1-13-4-5-16(26(22,23)20-6-8-24-9-7-20)10-17(13)18(21)19-11-14(2)25-15(3)12-19/h4-5,10,14-15H,6-9,11-12H2,1-3H3/t14-,15-/m1/s1. The fourth-order valence-electron chi connectivity index (χ4n) is 3.44. The zero-order valence-corrected chi connectivity index (χ0v) is 16.3. The fraction of sp³-hybridized carbons (Fsp3) is 0.611. The first kappa shape index (κ1) is 19.3. The Morgan fingerprint density at radius 2 is 1.73 bits per heavy atom. The SMILES string of the molecule is Cc1ccc(S(=O)(=O)N2CCOCC2)cc1C(=O)N1C[C@@H](C)O[C@H](C)C1. The topological polar surface area (TPSA) is 76.2 Å². The van der Waals surface area contributed by atoms with E-state index in [0.29, 0.717) is 45.0 Å². The number of ether oxygens (including phenoxy) is 2. The largest absolute Gasteiger partial charge is 0.379 e. The first-order valence-corrected chi connectivity index (χ1v) is 10.4. The fourth-order valence-corrected chi connectivity index (χ4v) is 4.88. The Labute approximate surface area is 154 Å². The third-order valence-electron chi connectivity index (χ3n) is 4.75. The predicted molar refractivity (Wildman–Crippen MR) is 96.7 cm³/mol. The van der Waals surface area contributed by atoms with E-state index in [1.54, 1.807) is 17.0 Å². The van der Waals surface area contributed by atoms with Gasteiger partial charge in [0.1, 0.15) is 0 Å². The van der Waals surface area contributed by atoms with Gasteiger partial charge in [0.15, 0.2) is 0 Å². The first-order valence-electron chi connectivity index (χ1n) is 8.92. The van der Waals surface area contributed by atoms with E-state index >= 15 is 0 Å². The zero-order chi connectivity index (χ0) is 18.9. The molecule has 144 valence electrons. The van der Waals surface area contributed by atoms with E-state index in [0.717, 1.165) is 5.56 Å². The lowest BCUT2D eigenvalue weighted by Gasteiger charge is -2.35. The van der Waals surface area contributed by atoms with Gasteiger partial charge in [-0.25, -0.2) is 8.42 Å². The number of sulfonamides is 1. The molecule has 1 aromatic carbocycles. The second-order valence-corrected chi connectivity index (χ2v) is 8.90. The van der Waals surface area contributed by atoms with Crippen LogP contribution in [0.5, 0.6) is 0 Å². The molecule has 2 fully saturated rings. The first-order chi connectivity index (χ1) is 12.3. The average Bonchev–Trinajstić information content (AvgIpc) is 2.61. The minimum atomic E-state index is -3.63. The van der Waals surface area contributed by atoms with E-state index in [9.17, 15) is 13.2 Å². The van der Waals surface area contributed by atoms with Gasteiger partial charge in [-0.2, -0.15) is 4.31 Å². The monoisotopic (exact) mass is 382 g/mol. The van der Waals surface area contributed by atoms with E-state index in [1.807, 2.05) is 20.8 Å². The predicted octanol–water partition coefficient (Wildman–Crippen LogP) is 1.27. The molecule has 2 aliphatic heterocycles. The summed E-state index contributed by atoms with van der Waals surface area (Å²) in [6.45, 7) is 8.14. The summed E-state index contributed by atoms with van der Waals surface area (Å²) in [5.74, 6) is -0.150. The van der Waals surface area contributed by atoms with Gasteiger partial charge < -0.3 is 14.4 Å². The molecule has 0 unspecified atom stereocenters. The van der Waals surface area contributed by atoms with E-state index in [1.165, 1.54) is 10.4 Å². The molecule has 26 heavy (non-hydrogen) atoms. The molecule has 3 rings (SSSR count). The number of aryl methyl sites for hydroxylation is 1. The van der Waals surface area contributed by atoms with Crippen molar-refractivity contribution in [1.82, 2.24) is 9.21 Å². The number of nitrogens with zero attached hydrogens (tertiary/aromatic N) is 2. The number of hydrogen-bond donors (Lipinski definition) is 0. The average molecular weight is 382 g/mol. The number of amides is 1. The van der Waals surface area contributed by atoms with E-state index in [-0.39, 0.29) is 23.0 Å². The quantitative estimate of drug-likeness (QED) is 0.787. The van der Waals surface area contributed by atoms with Gasteiger partial charge in [-0.3, -0.25) is 4.79 Å². The van der Waals surface area contributed by atoms with Gasteiger partial charge in [-0.05, 0) is 38.5 Å². The van der Waals surface area contributed by atoms with Crippen molar-refractivity contribution in [2.45, 2.75) is 37.9 Å². The Bertz CT molecular complexity index is 764. The maximum absolute atomic E-state index is 13.0. The molecule has 2 saturated heterocycles. The molecule has 2 heterocycles. The smallest absolute Gasteiger partial charge is 0.254 e. The molecule has 0 N–H and O–H groups in total. The van der Waals surface area contributed by atoms with Crippen LogP contribution in [0.1, 0.15) is 29.8 Å². The molecule has 0 aliphatic carbocycles. The maximum Gasteiger partial charge on any atom is 0.254 e. The third-order valence-corrected chi connectivity index (χ3v) is 6.65. The summed E-state index contributed by atoms with van der Waals surface area (Å²) in [4.78, 5) is 14.9. The molecular weight excluding hydrogens is 356 g/mol. The summed E-state index contributed by atoms with van der Waals surface area (Å²) in [6.07, 6.45) is -0.0773. The Kier molecular flexibility index (Phi) is 5.67. The number of carbonyl (C=O) groups is 1. The van der Waals surface area contributed by atoms with Crippen LogP contribution in [0.4, 0.5) is 0 Å². The molecule has 0 bridgehead atoms. The molecule has 0 saturated carbocycles. The Morgan fingerprint density at radius 1 is 1.12 bits per heavy atom. The van der Waals surface area contributed by atoms with Crippen LogP contribution in [0.25, 0.3) is 0 Å². The lowest BCUT2D eigenvalue weighted by Crippen LogP contribution is -2.48. The van der Waals surface area contributed by atoms with Crippen LogP contribution in [-0.2, 0) is 19.5 Å². The Hall–Kier alpha value is -1.48. The van der Waals surface area contributed by atoms with Crippen LogP contribution in [0, 0.1) is 6.92 Å². The van der Waals surface area contributed by atoms with Crippen molar-refractivity contribution in [3.8, 4) is 0 Å². The molecule has 1 aromatic rings. The van der Waals surface area contributed by atoms with Crippen LogP contribution in [0.2, 0.25) is 0 Å². The molecule has 8 heteroatoms. The number of hydrogen-bond acceptors (Lipinski definition) is 5. The number of rotatable bonds is 3. The van der Waals surface area contributed by atoms with E-state index in [4.69, 9.17) is 9.47 Å².